The third kappa shape index (κ3) is 4.52. The molecule has 2 heterocycles. The van der Waals surface area contributed by atoms with Crippen LogP contribution in [0.3, 0.4) is 0 Å². The first kappa shape index (κ1) is 20.7. The second-order valence-corrected chi connectivity index (χ2v) is 8.82. The van der Waals surface area contributed by atoms with E-state index >= 15 is 0 Å². The first-order chi connectivity index (χ1) is 13.5. The summed E-state index contributed by atoms with van der Waals surface area (Å²) >= 11 is 0. The van der Waals surface area contributed by atoms with E-state index in [-0.39, 0.29) is 42.5 Å². The van der Waals surface area contributed by atoms with Crippen LogP contribution >= 0.6 is 0 Å². The van der Waals surface area contributed by atoms with Gasteiger partial charge in [-0.2, -0.15) is 4.98 Å². The SMILES string of the molecule is CC(C)(C)c1nc(C(C)(C)NC(=O)c2ccc(CN3C(=O)CCC3=O)cc2)no1. The lowest BCUT2D eigenvalue weighted by Gasteiger charge is -2.22. The van der Waals surface area contributed by atoms with Crippen molar-refractivity contribution in [1.82, 2.24) is 20.4 Å². The van der Waals surface area contributed by atoms with Crippen molar-refractivity contribution in [2.75, 3.05) is 0 Å². The Labute approximate surface area is 169 Å². The molecule has 1 aromatic heterocycles. The van der Waals surface area contributed by atoms with E-state index in [1.54, 1.807) is 38.1 Å². The minimum absolute atomic E-state index is 0.159. The number of rotatable bonds is 5. The van der Waals surface area contributed by atoms with Crippen molar-refractivity contribution in [3.63, 3.8) is 0 Å². The van der Waals surface area contributed by atoms with Crippen molar-refractivity contribution in [3.05, 3.63) is 47.1 Å². The van der Waals surface area contributed by atoms with E-state index in [1.165, 1.54) is 4.90 Å². The van der Waals surface area contributed by atoms with Gasteiger partial charge < -0.3 is 9.84 Å². The Morgan fingerprint density at radius 2 is 1.66 bits per heavy atom. The van der Waals surface area contributed by atoms with Crippen LogP contribution in [0.15, 0.2) is 28.8 Å². The maximum atomic E-state index is 12.7. The Bertz CT molecular complexity index is 922. The fraction of sp³-hybridized carbons (Fsp3) is 0.476. The summed E-state index contributed by atoms with van der Waals surface area (Å²) in [6.07, 6.45) is 0.531. The van der Waals surface area contributed by atoms with Crippen LogP contribution in [-0.4, -0.2) is 32.8 Å². The summed E-state index contributed by atoms with van der Waals surface area (Å²) in [7, 11) is 0. The third-order valence-corrected chi connectivity index (χ3v) is 4.76. The van der Waals surface area contributed by atoms with Gasteiger partial charge >= 0.3 is 0 Å². The normalized spacial score (nSPS) is 15.1. The van der Waals surface area contributed by atoms with Gasteiger partial charge in [-0.25, -0.2) is 0 Å². The Morgan fingerprint density at radius 3 is 2.17 bits per heavy atom. The molecule has 154 valence electrons. The largest absolute Gasteiger partial charge is 0.340 e. The number of carbonyl (C=O) groups excluding carboxylic acids is 3. The summed E-state index contributed by atoms with van der Waals surface area (Å²) in [5.74, 6) is 0.308. The van der Waals surface area contributed by atoms with E-state index in [0.29, 0.717) is 17.3 Å². The van der Waals surface area contributed by atoms with Crippen molar-refractivity contribution in [2.24, 2.45) is 0 Å². The minimum atomic E-state index is -0.822. The molecule has 0 aliphatic carbocycles. The molecule has 0 radical (unpaired) electrons. The monoisotopic (exact) mass is 398 g/mol. The highest BCUT2D eigenvalue weighted by Crippen LogP contribution is 2.24. The van der Waals surface area contributed by atoms with Gasteiger partial charge in [0.25, 0.3) is 5.91 Å². The molecule has 8 heteroatoms. The number of amides is 3. The molecule has 1 N–H and O–H groups in total. The highest BCUT2D eigenvalue weighted by molar-refractivity contribution is 6.01. The van der Waals surface area contributed by atoms with Gasteiger partial charge in [-0.3, -0.25) is 19.3 Å². The van der Waals surface area contributed by atoms with Gasteiger partial charge in [0.05, 0.1) is 12.1 Å². The number of imide groups is 1. The van der Waals surface area contributed by atoms with Gasteiger partial charge in [0.2, 0.25) is 17.7 Å². The molecule has 1 aliphatic rings. The number of hydrogen-bond acceptors (Lipinski definition) is 6. The summed E-state index contributed by atoms with van der Waals surface area (Å²) in [6.45, 7) is 9.76. The smallest absolute Gasteiger partial charge is 0.252 e. The van der Waals surface area contributed by atoms with Crippen molar-refractivity contribution >= 4 is 17.7 Å². The number of nitrogens with zero attached hydrogens (tertiary/aromatic N) is 3. The maximum absolute atomic E-state index is 12.7. The highest BCUT2D eigenvalue weighted by Gasteiger charge is 2.32. The molecular weight excluding hydrogens is 372 g/mol. The molecule has 0 saturated carbocycles. The summed E-state index contributed by atoms with van der Waals surface area (Å²) in [4.78, 5) is 41.8. The van der Waals surface area contributed by atoms with E-state index in [4.69, 9.17) is 4.52 Å². The highest BCUT2D eigenvalue weighted by atomic mass is 16.5. The van der Waals surface area contributed by atoms with E-state index in [9.17, 15) is 14.4 Å². The van der Waals surface area contributed by atoms with Gasteiger partial charge in [0.15, 0.2) is 5.82 Å². The van der Waals surface area contributed by atoms with Gasteiger partial charge in [0.1, 0.15) is 0 Å². The molecule has 0 unspecified atom stereocenters. The van der Waals surface area contributed by atoms with Crippen LogP contribution in [-0.2, 0) is 27.1 Å². The molecule has 1 saturated heterocycles. The average Bonchev–Trinajstić information content (AvgIpc) is 3.25. The predicted molar refractivity (Wildman–Crippen MR) is 105 cm³/mol. The Morgan fingerprint density at radius 1 is 1.07 bits per heavy atom. The third-order valence-electron chi connectivity index (χ3n) is 4.76. The molecule has 3 rings (SSSR count). The predicted octanol–water partition coefficient (Wildman–Crippen LogP) is 2.68. The number of likely N-dealkylation sites (tertiary alicyclic amines) is 1. The first-order valence-electron chi connectivity index (χ1n) is 9.57. The first-order valence-corrected chi connectivity index (χ1v) is 9.57. The van der Waals surface area contributed by atoms with Gasteiger partial charge in [-0.1, -0.05) is 38.1 Å². The van der Waals surface area contributed by atoms with Crippen molar-refractivity contribution < 1.29 is 18.9 Å². The van der Waals surface area contributed by atoms with E-state index in [1.807, 2.05) is 20.8 Å². The zero-order valence-electron chi connectivity index (χ0n) is 17.4. The molecule has 2 aromatic rings. The van der Waals surface area contributed by atoms with E-state index in [2.05, 4.69) is 15.5 Å². The van der Waals surface area contributed by atoms with Crippen molar-refractivity contribution in [1.29, 1.82) is 0 Å². The molecule has 3 amide bonds. The summed E-state index contributed by atoms with van der Waals surface area (Å²) in [5, 5.41) is 6.93. The zero-order chi connectivity index (χ0) is 21.4. The second-order valence-electron chi connectivity index (χ2n) is 8.82. The lowest BCUT2D eigenvalue weighted by molar-refractivity contribution is -0.139. The van der Waals surface area contributed by atoms with Crippen LogP contribution < -0.4 is 5.32 Å². The Balaban J connectivity index is 1.68. The molecule has 29 heavy (non-hydrogen) atoms. The van der Waals surface area contributed by atoms with E-state index < -0.39 is 5.54 Å². The zero-order valence-corrected chi connectivity index (χ0v) is 17.4. The lowest BCUT2D eigenvalue weighted by Crippen LogP contribution is -2.42. The van der Waals surface area contributed by atoms with Crippen LogP contribution in [0, 0.1) is 0 Å². The van der Waals surface area contributed by atoms with Gasteiger partial charge in [0, 0.05) is 23.8 Å². The van der Waals surface area contributed by atoms with Crippen molar-refractivity contribution in [3.8, 4) is 0 Å². The number of hydrogen-bond donors (Lipinski definition) is 1. The quantitative estimate of drug-likeness (QED) is 0.777. The molecule has 1 fully saturated rings. The number of aromatic nitrogens is 2. The summed E-state index contributed by atoms with van der Waals surface area (Å²) in [5.41, 5.74) is 0.147. The number of nitrogens with one attached hydrogen (secondary N) is 1. The Hall–Kier alpha value is -3.03. The Kier molecular flexibility index (Phi) is 5.30. The summed E-state index contributed by atoms with van der Waals surface area (Å²) in [6, 6.07) is 6.82. The van der Waals surface area contributed by atoms with Gasteiger partial charge in [-0.15, -0.1) is 0 Å². The fourth-order valence-electron chi connectivity index (χ4n) is 2.94. The number of carbonyl (C=O) groups is 3. The fourth-order valence-corrected chi connectivity index (χ4v) is 2.94. The van der Waals surface area contributed by atoms with Crippen LogP contribution in [0.25, 0.3) is 0 Å². The molecular formula is C21H26N4O4. The van der Waals surface area contributed by atoms with Crippen LogP contribution in [0.4, 0.5) is 0 Å². The number of benzene rings is 1. The lowest BCUT2D eigenvalue weighted by atomic mass is 9.96. The van der Waals surface area contributed by atoms with Crippen LogP contribution in [0.2, 0.25) is 0 Å². The van der Waals surface area contributed by atoms with Crippen molar-refractivity contribution in [2.45, 2.75) is 65.0 Å². The molecule has 1 aliphatic heterocycles. The van der Waals surface area contributed by atoms with E-state index in [0.717, 1.165) is 5.56 Å². The second kappa shape index (κ2) is 7.42. The summed E-state index contributed by atoms with van der Waals surface area (Å²) < 4.78 is 5.33. The van der Waals surface area contributed by atoms with Crippen LogP contribution in [0.1, 0.15) is 75.1 Å². The molecule has 8 nitrogen and oxygen atoms in total. The topological polar surface area (TPSA) is 105 Å². The van der Waals surface area contributed by atoms with Gasteiger partial charge in [-0.05, 0) is 31.5 Å². The molecule has 1 aromatic carbocycles. The molecule has 0 bridgehead atoms. The standard InChI is InChI=1S/C21H26N4O4/c1-20(2,3)19-22-18(24-29-19)21(4,5)23-17(28)14-8-6-13(7-9-14)12-25-15(26)10-11-16(25)27/h6-9H,10-12H2,1-5H3,(H,23,28). The molecule has 0 spiro atoms. The maximum Gasteiger partial charge on any atom is 0.252 e. The molecule has 0 atom stereocenters. The van der Waals surface area contributed by atoms with Crippen LogP contribution in [0.5, 0.6) is 0 Å². The minimum Gasteiger partial charge on any atom is -0.340 e. The average molecular weight is 398 g/mol.